The Hall–Kier alpha value is -3.10. The fraction of sp³-hybridized carbons (Fsp3) is 0.0526. The molecule has 0 atom stereocenters. The Morgan fingerprint density at radius 3 is 2.81 bits per heavy atom. The largest absolute Gasteiger partial charge is 0.337 e. The summed E-state index contributed by atoms with van der Waals surface area (Å²) in [7, 11) is 0. The quantitative estimate of drug-likeness (QED) is 0.456. The van der Waals surface area contributed by atoms with Crippen molar-refractivity contribution in [3.63, 3.8) is 0 Å². The first-order valence-electron chi connectivity index (χ1n) is 8.17. The molecule has 132 valence electrons. The molecule has 27 heavy (non-hydrogen) atoms. The summed E-state index contributed by atoms with van der Waals surface area (Å²) in [6.45, 7) is 0.192. The minimum atomic E-state index is -0.109. The van der Waals surface area contributed by atoms with Crippen LogP contribution in [0.5, 0.6) is 0 Å². The van der Waals surface area contributed by atoms with Crippen LogP contribution >= 0.6 is 22.7 Å². The molecule has 1 aromatic carbocycles. The van der Waals surface area contributed by atoms with Crippen molar-refractivity contribution in [1.29, 1.82) is 0 Å². The van der Waals surface area contributed by atoms with E-state index in [0.29, 0.717) is 21.9 Å². The average molecular weight is 392 g/mol. The molecule has 0 aliphatic rings. The Labute approximate surface area is 161 Å². The summed E-state index contributed by atoms with van der Waals surface area (Å²) in [6, 6.07) is 13.8. The minimum Gasteiger partial charge on any atom is -0.337 e. The van der Waals surface area contributed by atoms with E-state index in [9.17, 15) is 4.79 Å². The second-order valence-electron chi connectivity index (χ2n) is 5.89. The Morgan fingerprint density at radius 1 is 1.11 bits per heavy atom. The van der Waals surface area contributed by atoms with Crippen molar-refractivity contribution >= 4 is 32.9 Å². The van der Waals surface area contributed by atoms with Crippen LogP contribution in [0.1, 0.15) is 5.89 Å². The fourth-order valence-electron chi connectivity index (χ4n) is 2.78. The molecule has 5 rings (SSSR count). The normalized spacial score (nSPS) is 11.3. The summed E-state index contributed by atoms with van der Waals surface area (Å²) in [5.74, 6) is 0.898. The van der Waals surface area contributed by atoms with Gasteiger partial charge in [-0.3, -0.25) is 9.36 Å². The van der Waals surface area contributed by atoms with E-state index < -0.39 is 0 Å². The van der Waals surface area contributed by atoms with Gasteiger partial charge in [-0.2, -0.15) is 16.3 Å². The first-order chi connectivity index (χ1) is 13.3. The first-order valence-corrected chi connectivity index (χ1v) is 9.93. The third-order valence-corrected chi connectivity index (χ3v) is 5.96. The lowest BCUT2D eigenvalue weighted by Crippen LogP contribution is -2.20. The van der Waals surface area contributed by atoms with Crippen molar-refractivity contribution in [1.82, 2.24) is 19.7 Å². The lowest BCUT2D eigenvalue weighted by molar-refractivity contribution is 0.370. The SMILES string of the molecule is O=c1c2sc(-c3ccccc3)cc2ncn1Cc1nc(-c2ccsc2)no1. The third-order valence-electron chi connectivity index (χ3n) is 4.12. The Kier molecular flexibility index (Phi) is 3.92. The number of benzene rings is 1. The van der Waals surface area contributed by atoms with Gasteiger partial charge >= 0.3 is 0 Å². The lowest BCUT2D eigenvalue weighted by atomic mass is 10.2. The minimum absolute atomic E-state index is 0.109. The van der Waals surface area contributed by atoms with E-state index in [1.54, 1.807) is 11.3 Å². The van der Waals surface area contributed by atoms with Gasteiger partial charge in [-0.25, -0.2) is 4.98 Å². The maximum absolute atomic E-state index is 12.9. The zero-order valence-corrected chi connectivity index (χ0v) is 15.5. The van der Waals surface area contributed by atoms with Gasteiger partial charge in [-0.05, 0) is 23.1 Å². The molecule has 6 nitrogen and oxygen atoms in total. The number of nitrogens with zero attached hydrogens (tertiary/aromatic N) is 4. The van der Waals surface area contributed by atoms with Crippen molar-refractivity contribution in [3.05, 3.63) is 75.8 Å². The number of hydrogen-bond donors (Lipinski definition) is 0. The van der Waals surface area contributed by atoms with Crippen LogP contribution in [-0.4, -0.2) is 19.7 Å². The van der Waals surface area contributed by atoms with E-state index in [4.69, 9.17) is 4.52 Å². The van der Waals surface area contributed by atoms with Crippen LogP contribution < -0.4 is 5.56 Å². The smallest absolute Gasteiger partial charge is 0.271 e. The van der Waals surface area contributed by atoms with Crippen molar-refractivity contribution in [3.8, 4) is 21.8 Å². The average Bonchev–Trinajstić information content (AvgIpc) is 3.45. The Balaban J connectivity index is 1.49. The van der Waals surface area contributed by atoms with Crippen LogP contribution in [0, 0.1) is 0 Å². The van der Waals surface area contributed by atoms with Crippen molar-refractivity contribution in [2.24, 2.45) is 0 Å². The molecule has 0 aliphatic heterocycles. The number of hydrogen-bond acceptors (Lipinski definition) is 7. The van der Waals surface area contributed by atoms with Gasteiger partial charge in [0.15, 0.2) is 0 Å². The van der Waals surface area contributed by atoms with Gasteiger partial charge in [0.2, 0.25) is 11.7 Å². The molecule has 0 spiro atoms. The van der Waals surface area contributed by atoms with Crippen LogP contribution in [0.3, 0.4) is 0 Å². The molecule has 5 aromatic rings. The van der Waals surface area contributed by atoms with E-state index in [2.05, 4.69) is 15.1 Å². The van der Waals surface area contributed by atoms with Crippen LogP contribution in [-0.2, 0) is 6.54 Å². The van der Waals surface area contributed by atoms with Crippen molar-refractivity contribution in [2.45, 2.75) is 6.54 Å². The molecule has 8 heteroatoms. The zero-order chi connectivity index (χ0) is 18.2. The molecule has 0 radical (unpaired) electrons. The molecule has 0 fully saturated rings. The van der Waals surface area contributed by atoms with E-state index in [1.807, 2.05) is 53.2 Å². The first kappa shape index (κ1) is 16.1. The predicted molar refractivity (Wildman–Crippen MR) is 106 cm³/mol. The lowest BCUT2D eigenvalue weighted by Gasteiger charge is -2.00. The second kappa shape index (κ2) is 6.57. The van der Waals surface area contributed by atoms with Crippen LogP contribution in [0.4, 0.5) is 0 Å². The highest BCUT2D eigenvalue weighted by Crippen LogP contribution is 2.30. The Bertz CT molecular complexity index is 1270. The van der Waals surface area contributed by atoms with Crippen molar-refractivity contribution in [2.75, 3.05) is 0 Å². The van der Waals surface area contributed by atoms with E-state index in [0.717, 1.165) is 16.0 Å². The molecular weight excluding hydrogens is 380 g/mol. The summed E-state index contributed by atoms with van der Waals surface area (Å²) in [6.07, 6.45) is 1.53. The van der Waals surface area contributed by atoms with Crippen LogP contribution in [0.2, 0.25) is 0 Å². The predicted octanol–water partition coefficient (Wildman–Crippen LogP) is 4.28. The van der Waals surface area contributed by atoms with Crippen LogP contribution in [0.25, 0.3) is 32.0 Å². The molecule has 4 aromatic heterocycles. The summed E-state index contributed by atoms with van der Waals surface area (Å²) in [5, 5.41) is 7.88. The van der Waals surface area contributed by atoms with Gasteiger partial charge in [0.25, 0.3) is 5.56 Å². The molecule has 0 unspecified atom stereocenters. The molecule has 0 amide bonds. The number of rotatable bonds is 4. The summed E-state index contributed by atoms with van der Waals surface area (Å²) < 4.78 is 7.41. The van der Waals surface area contributed by atoms with Gasteiger partial charge < -0.3 is 4.52 Å². The molecule has 0 aliphatic carbocycles. The summed E-state index contributed by atoms with van der Waals surface area (Å²) >= 11 is 3.01. The fourth-order valence-corrected chi connectivity index (χ4v) is 4.48. The van der Waals surface area contributed by atoms with Gasteiger partial charge in [-0.15, -0.1) is 11.3 Å². The highest BCUT2D eigenvalue weighted by atomic mass is 32.1. The third kappa shape index (κ3) is 2.98. The van der Waals surface area contributed by atoms with Crippen molar-refractivity contribution < 1.29 is 4.52 Å². The van der Waals surface area contributed by atoms with E-state index in [-0.39, 0.29) is 12.1 Å². The van der Waals surface area contributed by atoms with E-state index in [1.165, 1.54) is 22.2 Å². The maximum Gasteiger partial charge on any atom is 0.271 e. The van der Waals surface area contributed by atoms with Gasteiger partial charge in [0.05, 0.1) is 11.8 Å². The standard InChI is InChI=1S/C19H12N4O2S2/c24-19-17-14(8-15(27-17)12-4-2-1-3-5-12)20-11-23(19)9-16-21-18(22-25-16)13-6-7-26-10-13/h1-8,10-11H,9H2. The monoisotopic (exact) mass is 392 g/mol. The summed E-state index contributed by atoms with van der Waals surface area (Å²) in [5.41, 5.74) is 2.57. The molecular formula is C19H12N4O2S2. The van der Waals surface area contributed by atoms with Gasteiger partial charge in [0.1, 0.15) is 11.2 Å². The maximum atomic E-state index is 12.9. The zero-order valence-electron chi connectivity index (χ0n) is 13.9. The highest BCUT2D eigenvalue weighted by Gasteiger charge is 2.14. The number of fused-ring (bicyclic) bond motifs is 1. The number of thiophene rings is 2. The highest BCUT2D eigenvalue weighted by molar-refractivity contribution is 7.22. The topological polar surface area (TPSA) is 73.8 Å². The number of aromatic nitrogens is 4. The molecule has 0 saturated heterocycles. The van der Waals surface area contributed by atoms with E-state index >= 15 is 0 Å². The second-order valence-corrected chi connectivity index (χ2v) is 7.72. The summed E-state index contributed by atoms with van der Waals surface area (Å²) in [4.78, 5) is 22.7. The Morgan fingerprint density at radius 2 is 2.00 bits per heavy atom. The van der Waals surface area contributed by atoms with Crippen LogP contribution in [0.15, 0.2) is 68.9 Å². The van der Waals surface area contributed by atoms with Gasteiger partial charge in [-0.1, -0.05) is 35.5 Å². The van der Waals surface area contributed by atoms with Gasteiger partial charge in [0, 0.05) is 15.8 Å². The molecule has 4 heterocycles. The molecule has 0 N–H and O–H groups in total. The molecule has 0 saturated carbocycles. The molecule has 0 bridgehead atoms.